The van der Waals surface area contributed by atoms with Gasteiger partial charge in [0, 0.05) is 11.1 Å². The molecule has 1 aliphatic rings. The molecule has 6 nitrogen and oxygen atoms in total. The SMILES string of the molecule is Nc1cc(-c2ccccc2)c(-c2ccc(C3(NC(=O)O)CCC3)cc2)nn1. The molecule has 0 aliphatic heterocycles. The van der Waals surface area contributed by atoms with E-state index in [1.165, 1.54) is 0 Å². The summed E-state index contributed by atoms with van der Waals surface area (Å²) in [6, 6.07) is 19.6. The third-order valence-corrected chi connectivity index (χ3v) is 5.16. The van der Waals surface area contributed by atoms with Gasteiger partial charge in [-0.25, -0.2) is 4.79 Å². The van der Waals surface area contributed by atoms with Crippen molar-refractivity contribution in [2.24, 2.45) is 0 Å². The van der Waals surface area contributed by atoms with Gasteiger partial charge in [0.15, 0.2) is 0 Å². The van der Waals surface area contributed by atoms with Crippen molar-refractivity contribution in [2.75, 3.05) is 5.73 Å². The fraction of sp³-hybridized carbons (Fsp3) is 0.190. The lowest BCUT2D eigenvalue weighted by Crippen LogP contribution is -2.50. The third-order valence-electron chi connectivity index (χ3n) is 5.16. The van der Waals surface area contributed by atoms with Crippen LogP contribution < -0.4 is 11.1 Å². The van der Waals surface area contributed by atoms with Gasteiger partial charge in [-0.15, -0.1) is 10.2 Å². The Kier molecular flexibility index (Phi) is 4.24. The zero-order valence-corrected chi connectivity index (χ0v) is 14.7. The normalized spacial score (nSPS) is 15.0. The molecule has 1 fully saturated rings. The van der Waals surface area contributed by atoms with Crippen LogP contribution in [-0.2, 0) is 5.54 Å². The highest BCUT2D eigenvalue weighted by Gasteiger charge is 2.40. The van der Waals surface area contributed by atoms with Gasteiger partial charge in [-0.2, -0.15) is 0 Å². The van der Waals surface area contributed by atoms with Gasteiger partial charge in [0.05, 0.1) is 5.54 Å². The van der Waals surface area contributed by atoms with Crippen LogP contribution in [0.3, 0.4) is 0 Å². The molecule has 0 saturated heterocycles. The van der Waals surface area contributed by atoms with E-state index in [1.807, 2.05) is 60.7 Å². The topological polar surface area (TPSA) is 101 Å². The van der Waals surface area contributed by atoms with E-state index >= 15 is 0 Å². The zero-order chi connectivity index (χ0) is 18.9. The highest BCUT2D eigenvalue weighted by atomic mass is 16.4. The number of nitrogen functional groups attached to an aromatic ring is 1. The molecule has 2 aromatic carbocycles. The number of carbonyl (C=O) groups is 1. The quantitative estimate of drug-likeness (QED) is 0.652. The number of hydrogen-bond donors (Lipinski definition) is 3. The number of nitrogens with zero attached hydrogens (tertiary/aromatic N) is 2. The maximum Gasteiger partial charge on any atom is 0.405 e. The first kappa shape index (κ1) is 17.0. The highest BCUT2D eigenvalue weighted by molar-refractivity contribution is 5.81. The number of hydrogen-bond acceptors (Lipinski definition) is 4. The van der Waals surface area contributed by atoms with Gasteiger partial charge in [0.1, 0.15) is 11.5 Å². The maximum absolute atomic E-state index is 11.2. The lowest BCUT2D eigenvalue weighted by molar-refractivity contribution is 0.144. The molecule has 1 amide bonds. The Bertz CT molecular complexity index is 967. The Balaban J connectivity index is 1.72. The van der Waals surface area contributed by atoms with Crippen molar-refractivity contribution in [3.05, 3.63) is 66.2 Å². The largest absolute Gasteiger partial charge is 0.465 e. The number of aromatic nitrogens is 2. The third kappa shape index (κ3) is 3.21. The highest BCUT2D eigenvalue weighted by Crippen LogP contribution is 2.42. The maximum atomic E-state index is 11.2. The number of amides is 1. The fourth-order valence-electron chi connectivity index (χ4n) is 3.63. The number of rotatable bonds is 4. The van der Waals surface area contributed by atoms with E-state index in [1.54, 1.807) is 0 Å². The lowest BCUT2D eigenvalue weighted by Gasteiger charge is -2.42. The molecule has 6 heteroatoms. The molecule has 4 rings (SSSR count). The van der Waals surface area contributed by atoms with Gasteiger partial charge in [-0.05, 0) is 36.5 Å². The Morgan fingerprint density at radius 3 is 2.30 bits per heavy atom. The first-order chi connectivity index (χ1) is 13.1. The molecule has 1 aliphatic carbocycles. The molecule has 0 bridgehead atoms. The van der Waals surface area contributed by atoms with Gasteiger partial charge < -0.3 is 16.2 Å². The number of benzene rings is 2. The summed E-state index contributed by atoms with van der Waals surface area (Å²) in [5.74, 6) is 0.369. The summed E-state index contributed by atoms with van der Waals surface area (Å²) in [6.45, 7) is 0. The van der Waals surface area contributed by atoms with Crippen LogP contribution in [0, 0.1) is 0 Å². The van der Waals surface area contributed by atoms with Crippen molar-refractivity contribution in [1.82, 2.24) is 15.5 Å². The molecule has 0 atom stereocenters. The van der Waals surface area contributed by atoms with E-state index in [0.29, 0.717) is 5.82 Å². The van der Waals surface area contributed by atoms with Crippen LogP contribution in [0.2, 0.25) is 0 Å². The van der Waals surface area contributed by atoms with E-state index in [-0.39, 0.29) is 0 Å². The standard InChI is InChI=1S/C21H20N4O2/c22-18-13-17(14-5-2-1-3-6-14)19(25-24-18)15-7-9-16(10-8-15)21(11-4-12-21)23-20(26)27/h1-3,5-10,13,23H,4,11-12H2,(H2,22,24)(H,26,27). The molecule has 27 heavy (non-hydrogen) atoms. The minimum atomic E-state index is -0.991. The van der Waals surface area contributed by atoms with Gasteiger partial charge in [0.2, 0.25) is 0 Å². The van der Waals surface area contributed by atoms with Crippen LogP contribution in [0.5, 0.6) is 0 Å². The summed E-state index contributed by atoms with van der Waals surface area (Å²) in [4.78, 5) is 11.2. The van der Waals surface area contributed by atoms with Crippen LogP contribution >= 0.6 is 0 Å². The second-order valence-electron chi connectivity index (χ2n) is 6.84. The van der Waals surface area contributed by atoms with Crippen LogP contribution in [-0.4, -0.2) is 21.4 Å². The van der Waals surface area contributed by atoms with Crippen molar-refractivity contribution in [3.63, 3.8) is 0 Å². The Morgan fingerprint density at radius 2 is 1.70 bits per heavy atom. The zero-order valence-electron chi connectivity index (χ0n) is 14.7. The second-order valence-corrected chi connectivity index (χ2v) is 6.84. The number of nitrogens with two attached hydrogens (primary N) is 1. The molecule has 1 saturated carbocycles. The Labute approximate surface area is 157 Å². The summed E-state index contributed by atoms with van der Waals surface area (Å²) in [5.41, 5.74) is 9.95. The lowest BCUT2D eigenvalue weighted by atomic mass is 9.71. The molecule has 136 valence electrons. The molecule has 0 spiro atoms. The molecule has 3 aromatic rings. The van der Waals surface area contributed by atoms with E-state index in [4.69, 9.17) is 10.8 Å². The van der Waals surface area contributed by atoms with Crippen LogP contribution in [0.4, 0.5) is 10.6 Å². The van der Waals surface area contributed by atoms with Gasteiger partial charge in [-0.3, -0.25) is 0 Å². The predicted molar refractivity (Wildman–Crippen MR) is 104 cm³/mol. The second kappa shape index (κ2) is 6.72. The molecular weight excluding hydrogens is 340 g/mol. The number of nitrogens with one attached hydrogen (secondary N) is 1. The van der Waals surface area contributed by atoms with E-state index in [2.05, 4.69) is 15.5 Å². The van der Waals surface area contributed by atoms with Gasteiger partial charge in [-0.1, -0.05) is 54.6 Å². The van der Waals surface area contributed by atoms with Crippen LogP contribution in [0.1, 0.15) is 24.8 Å². The Hall–Kier alpha value is -3.41. The average Bonchev–Trinajstić information content (AvgIpc) is 2.65. The predicted octanol–water partition coefficient (Wildman–Crippen LogP) is 4.04. The Morgan fingerprint density at radius 1 is 1.00 bits per heavy atom. The van der Waals surface area contributed by atoms with Crippen molar-refractivity contribution >= 4 is 11.9 Å². The summed E-state index contributed by atoms with van der Waals surface area (Å²) in [7, 11) is 0. The molecule has 1 heterocycles. The van der Waals surface area contributed by atoms with Gasteiger partial charge >= 0.3 is 6.09 Å². The van der Waals surface area contributed by atoms with Crippen LogP contribution in [0.15, 0.2) is 60.7 Å². The van der Waals surface area contributed by atoms with E-state index < -0.39 is 11.6 Å². The van der Waals surface area contributed by atoms with Gasteiger partial charge in [0.25, 0.3) is 0 Å². The van der Waals surface area contributed by atoms with Crippen molar-refractivity contribution in [1.29, 1.82) is 0 Å². The first-order valence-corrected chi connectivity index (χ1v) is 8.88. The molecule has 1 aromatic heterocycles. The molecular formula is C21H20N4O2. The summed E-state index contributed by atoms with van der Waals surface area (Å²) in [6.07, 6.45) is 1.66. The fourth-order valence-corrected chi connectivity index (χ4v) is 3.63. The molecule has 0 radical (unpaired) electrons. The number of anilines is 1. The summed E-state index contributed by atoms with van der Waals surface area (Å²) < 4.78 is 0. The average molecular weight is 360 g/mol. The van der Waals surface area contributed by atoms with Crippen molar-refractivity contribution in [3.8, 4) is 22.4 Å². The summed E-state index contributed by atoms with van der Waals surface area (Å²) in [5, 5.41) is 20.2. The molecule has 4 N–H and O–H groups in total. The molecule has 0 unspecified atom stereocenters. The monoisotopic (exact) mass is 360 g/mol. The minimum absolute atomic E-state index is 0.369. The first-order valence-electron chi connectivity index (χ1n) is 8.88. The summed E-state index contributed by atoms with van der Waals surface area (Å²) >= 11 is 0. The van der Waals surface area contributed by atoms with Crippen molar-refractivity contribution < 1.29 is 9.90 Å². The smallest absolute Gasteiger partial charge is 0.405 e. The van der Waals surface area contributed by atoms with E-state index in [0.717, 1.165) is 47.2 Å². The number of carboxylic acid groups (broad SMARTS) is 1. The van der Waals surface area contributed by atoms with E-state index in [9.17, 15) is 4.79 Å². The van der Waals surface area contributed by atoms with Crippen LogP contribution in [0.25, 0.3) is 22.4 Å². The van der Waals surface area contributed by atoms with Crippen molar-refractivity contribution in [2.45, 2.75) is 24.8 Å². The minimum Gasteiger partial charge on any atom is -0.465 e.